The second kappa shape index (κ2) is 7.50. The van der Waals surface area contributed by atoms with Gasteiger partial charge < -0.3 is 9.47 Å². The van der Waals surface area contributed by atoms with Crippen LogP contribution < -0.4 is 4.74 Å². The van der Waals surface area contributed by atoms with Crippen molar-refractivity contribution in [1.82, 2.24) is 0 Å². The molecule has 2 unspecified atom stereocenters. The zero-order chi connectivity index (χ0) is 19.7. The first-order valence-corrected chi connectivity index (χ1v) is 8.96. The van der Waals surface area contributed by atoms with Gasteiger partial charge in [-0.1, -0.05) is 38.1 Å². The van der Waals surface area contributed by atoms with E-state index in [0.29, 0.717) is 19.0 Å². The molecule has 2 nitrogen and oxygen atoms in total. The summed E-state index contributed by atoms with van der Waals surface area (Å²) in [6, 6.07) is 9.65. The van der Waals surface area contributed by atoms with Crippen molar-refractivity contribution in [2.45, 2.75) is 44.1 Å². The van der Waals surface area contributed by atoms with Crippen LogP contribution in [0.1, 0.15) is 42.9 Å². The first-order valence-electron chi connectivity index (χ1n) is 8.96. The largest absolute Gasteiger partial charge is 0.491 e. The molecule has 0 spiro atoms. The van der Waals surface area contributed by atoms with Crippen LogP contribution in [0, 0.1) is 0 Å². The predicted molar refractivity (Wildman–Crippen MR) is 94.6 cm³/mol. The Bertz CT molecular complexity index is 753. The average Bonchev–Trinajstić information content (AvgIpc) is 3.50. The molecule has 0 amide bonds. The van der Waals surface area contributed by atoms with Gasteiger partial charge in [0.25, 0.3) is 0 Å². The minimum absolute atomic E-state index is 0.0221. The molecular weight excluding hydrogens is 360 g/mol. The Labute approximate surface area is 156 Å². The van der Waals surface area contributed by atoms with Gasteiger partial charge in [0.15, 0.2) is 0 Å². The molecule has 1 fully saturated rings. The number of halogens is 4. The van der Waals surface area contributed by atoms with Gasteiger partial charge in [0.2, 0.25) is 0 Å². The van der Waals surface area contributed by atoms with Crippen LogP contribution in [0.4, 0.5) is 17.6 Å². The maximum atomic E-state index is 14.6. The molecule has 0 saturated carbocycles. The zero-order valence-corrected chi connectivity index (χ0v) is 15.2. The number of epoxide rings is 1. The van der Waals surface area contributed by atoms with Gasteiger partial charge in [-0.05, 0) is 42.2 Å². The summed E-state index contributed by atoms with van der Waals surface area (Å²) in [5.41, 5.74) is -0.610. The molecule has 27 heavy (non-hydrogen) atoms. The lowest BCUT2D eigenvalue weighted by molar-refractivity contribution is -0.223. The van der Waals surface area contributed by atoms with Crippen LogP contribution >= 0.6 is 0 Å². The van der Waals surface area contributed by atoms with Crippen molar-refractivity contribution in [3.63, 3.8) is 0 Å². The highest BCUT2D eigenvalue weighted by Gasteiger charge is 2.58. The van der Waals surface area contributed by atoms with E-state index < -0.39 is 23.0 Å². The van der Waals surface area contributed by atoms with Crippen molar-refractivity contribution in [3.8, 4) is 5.75 Å². The highest BCUT2D eigenvalue weighted by atomic mass is 19.3. The molecule has 1 saturated heterocycles. The first kappa shape index (κ1) is 19.7. The third-order valence-corrected chi connectivity index (χ3v) is 4.90. The number of alkyl halides is 4. The van der Waals surface area contributed by atoms with Crippen molar-refractivity contribution in [2.24, 2.45) is 0 Å². The van der Waals surface area contributed by atoms with Crippen molar-refractivity contribution < 1.29 is 27.0 Å². The van der Waals surface area contributed by atoms with Crippen LogP contribution in [-0.4, -0.2) is 19.3 Å². The smallest absolute Gasteiger partial charge is 0.339 e. The molecule has 0 aliphatic carbocycles. The SMILES string of the molecule is CCC(C)c1ccc(C(F)(F)C(F)(F)c2ccc(OCC3CO3)cc2)cc1. The molecule has 0 N–H and O–H groups in total. The normalized spacial score (nSPS) is 18.2. The number of hydrogen-bond donors (Lipinski definition) is 0. The van der Waals surface area contributed by atoms with Gasteiger partial charge >= 0.3 is 11.8 Å². The fraction of sp³-hybridized carbons (Fsp3) is 0.429. The monoisotopic (exact) mass is 382 g/mol. The number of ether oxygens (including phenoxy) is 2. The lowest BCUT2D eigenvalue weighted by Crippen LogP contribution is -2.35. The van der Waals surface area contributed by atoms with Crippen LogP contribution in [0.15, 0.2) is 48.5 Å². The standard InChI is InChI=1S/C21H22F4O2/c1-3-14(2)15-4-6-16(7-5-15)20(22,23)21(24,25)17-8-10-18(11-9-17)26-12-19-13-27-19/h4-11,14,19H,3,12-13H2,1-2H3. The molecule has 1 heterocycles. The third-order valence-electron chi connectivity index (χ3n) is 4.90. The number of hydrogen-bond acceptors (Lipinski definition) is 2. The predicted octanol–water partition coefficient (Wildman–Crippen LogP) is 5.86. The Hall–Kier alpha value is -2.08. The van der Waals surface area contributed by atoms with E-state index in [-0.39, 0.29) is 12.0 Å². The Morgan fingerprint density at radius 3 is 1.89 bits per heavy atom. The van der Waals surface area contributed by atoms with E-state index in [1.54, 1.807) is 0 Å². The van der Waals surface area contributed by atoms with E-state index in [1.165, 1.54) is 24.3 Å². The lowest BCUT2D eigenvalue weighted by Gasteiger charge is -2.27. The average molecular weight is 382 g/mol. The van der Waals surface area contributed by atoms with E-state index >= 15 is 0 Å². The van der Waals surface area contributed by atoms with E-state index in [4.69, 9.17) is 9.47 Å². The molecule has 1 aliphatic heterocycles. The molecule has 0 bridgehead atoms. The third kappa shape index (κ3) is 4.10. The summed E-state index contributed by atoms with van der Waals surface area (Å²) in [6.45, 7) is 4.86. The summed E-state index contributed by atoms with van der Waals surface area (Å²) in [6.07, 6.45) is 0.863. The molecule has 2 aromatic rings. The van der Waals surface area contributed by atoms with E-state index in [0.717, 1.165) is 36.2 Å². The van der Waals surface area contributed by atoms with Gasteiger partial charge in [0.05, 0.1) is 6.61 Å². The quantitative estimate of drug-likeness (QED) is 0.421. The molecule has 1 aliphatic rings. The van der Waals surface area contributed by atoms with Gasteiger partial charge in [-0.15, -0.1) is 0 Å². The molecule has 2 atom stereocenters. The Morgan fingerprint density at radius 2 is 1.44 bits per heavy atom. The summed E-state index contributed by atoms with van der Waals surface area (Å²) in [4.78, 5) is 0. The molecule has 0 radical (unpaired) electrons. The minimum Gasteiger partial charge on any atom is -0.491 e. The number of rotatable bonds is 8. The van der Waals surface area contributed by atoms with Crippen LogP contribution in [-0.2, 0) is 16.6 Å². The van der Waals surface area contributed by atoms with Crippen molar-refractivity contribution in [1.29, 1.82) is 0 Å². The second-order valence-corrected chi connectivity index (χ2v) is 6.87. The topological polar surface area (TPSA) is 21.8 Å². The van der Waals surface area contributed by atoms with Crippen LogP contribution in [0.5, 0.6) is 5.75 Å². The second-order valence-electron chi connectivity index (χ2n) is 6.87. The van der Waals surface area contributed by atoms with Crippen molar-refractivity contribution >= 4 is 0 Å². The van der Waals surface area contributed by atoms with Gasteiger partial charge in [0.1, 0.15) is 18.5 Å². The first-order chi connectivity index (χ1) is 12.8. The summed E-state index contributed by atoms with van der Waals surface area (Å²) in [7, 11) is 0. The molecule has 0 aromatic heterocycles. The maximum absolute atomic E-state index is 14.6. The van der Waals surface area contributed by atoms with Crippen molar-refractivity contribution in [3.05, 3.63) is 65.2 Å². The van der Waals surface area contributed by atoms with Crippen molar-refractivity contribution in [2.75, 3.05) is 13.2 Å². The lowest BCUT2D eigenvalue weighted by atomic mass is 9.92. The van der Waals surface area contributed by atoms with Gasteiger partial charge in [-0.3, -0.25) is 0 Å². The molecular formula is C21H22F4O2. The summed E-state index contributed by atoms with van der Waals surface area (Å²) < 4.78 is 68.7. The number of benzene rings is 2. The van der Waals surface area contributed by atoms with Gasteiger partial charge in [-0.2, -0.15) is 17.6 Å². The van der Waals surface area contributed by atoms with Crippen LogP contribution in [0.3, 0.4) is 0 Å². The van der Waals surface area contributed by atoms with E-state index in [1.807, 2.05) is 13.8 Å². The van der Waals surface area contributed by atoms with Crippen LogP contribution in [0.2, 0.25) is 0 Å². The zero-order valence-electron chi connectivity index (χ0n) is 15.2. The van der Waals surface area contributed by atoms with E-state index in [2.05, 4.69) is 0 Å². The highest BCUT2D eigenvalue weighted by molar-refractivity contribution is 5.35. The Kier molecular flexibility index (Phi) is 5.47. The fourth-order valence-corrected chi connectivity index (χ4v) is 2.73. The summed E-state index contributed by atoms with van der Waals surface area (Å²) >= 11 is 0. The highest BCUT2D eigenvalue weighted by Crippen LogP contribution is 2.49. The maximum Gasteiger partial charge on any atom is 0.339 e. The minimum atomic E-state index is -4.34. The molecule has 146 valence electrons. The Morgan fingerprint density at radius 1 is 0.963 bits per heavy atom. The molecule has 2 aromatic carbocycles. The van der Waals surface area contributed by atoms with Gasteiger partial charge in [-0.25, -0.2) is 0 Å². The van der Waals surface area contributed by atoms with E-state index in [9.17, 15) is 17.6 Å². The Balaban J connectivity index is 1.78. The van der Waals surface area contributed by atoms with Gasteiger partial charge in [0, 0.05) is 11.1 Å². The molecule has 3 rings (SSSR count). The molecule has 6 heteroatoms. The fourth-order valence-electron chi connectivity index (χ4n) is 2.73. The summed E-state index contributed by atoms with van der Waals surface area (Å²) in [5.74, 6) is -8.15. The van der Waals surface area contributed by atoms with Crippen LogP contribution in [0.25, 0.3) is 0 Å². The summed E-state index contributed by atoms with van der Waals surface area (Å²) in [5, 5.41) is 0.